The fraction of sp³-hybridized carbons (Fsp3) is 0.500. The molecule has 3 rings (SSSR count). The molecule has 0 aliphatic carbocycles. The van der Waals surface area contributed by atoms with Crippen molar-refractivity contribution in [1.29, 1.82) is 0 Å². The van der Waals surface area contributed by atoms with Gasteiger partial charge in [-0.3, -0.25) is 0 Å². The van der Waals surface area contributed by atoms with Crippen molar-refractivity contribution in [2.24, 2.45) is 0 Å². The molecule has 19 heavy (non-hydrogen) atoms. The lowest BCUT2D eigenvalue weighted by Crippen LogP contribution is -2.51. The van der Waals surface area contributed by atoms with Gasteiger partial charge in [0.15, 0.2) is 0 Å². The first kappa shape index (κ1) is 12.7. The third-order valence-electron chi connectivity index (χ3n) is 3.29. The Morgan fingerprint density at radius 3 is 2.84 bits per heavy atom. The maximum absolute atomic E-state index is 12.6. The Morgan fingerprint density at radius 1 is 1.42 bits per heavy atom. The standard InChI is InChI=1S/C10H10F3N3O2S/c11-10(12,13)6-3-7-9(15-4-6)16-2-1-14-5-8(16)19(7,17)18/h3-4,8,14H,1-2,5H2. The first-order chi connectivity index (χ1) is 8.82. The van der Waals surface area contributed by atoms with E-state index in [1.807, 2.05) is 0 Å². The molecule has 1 aromatic heterocycles. The summed E-state index contributed by atoms with van der Waals surface area (Å²) in [4.78, 5) is 4.92. The quantitative estimate of drug-likeness (QED) is 0.760. The lowest BCUT2D eigenvalue weighted by molar-refractivity contribution is -0.138. The summed E-state index contributed by atoms with van der Waals surface area (Å²) in [6.45, 7) is 1.18. The highest BCUT2D eigenvalue weighted by Crippen LogP contribution is 2.40. The Balaban J connectivity index is 2.17. The van der Waals surface area contributed by atoms with E-state index in [9.17, 15) is 21.6 Å². The molecule has 0 aromatic carbocycles. The predicted octanol–water partition coefficient (Wildman–Crippen LogP) is 0.623. The minimum atomic E-state index is -4.60. The fourth-order valence-electron chi connectivity index (χ4n) is 2.36. The average Bonchev–Trinajstić information content (AvgIpc) is 2.58. The smallest absolute Gasteiger partial charge is 0.336 e. The maximum Gasteiger partial charge on any atom is 0.417 e. The Hall–Kier alpha value is -1.35. The summed E-state index contributed by atoms with van der Waals surface area (Å²) >= 11 is 0. The van der Waals surface area contributed by atoms with Crippen molar-refractivity contribution < 1.29 is 21.6 Å². The molecule has 9 heteroatoms. The zero-order chi connectivity index (χ0) is 13.8. The Morgan fingerprint density at radius 2 is 2.16 bits per heavy atom. The van der Waals surface area contributed by atoms with E-state index in [-0.39, 0.29) is 17.3 Å². The Bertz CT molecular complexity index is 629. The number of piperazine rings is 1. The van der Waals surface area contributed by atoms with Crippen LogP contribution in [0.1, 0.15) is 5.56 Å². The van der Waals surface area contributed by atoms with Crippen LogP contribution < -0.4 is 10.2 Å². The van der Waals surface area contributed by atoms with Crippen LogP contribution in [0.3, 0.4) is 0 Å². The lowest BCUT2D eigenvalue weighted by Gasteiger charge is -2.30. The van der Waals surface area contributed by atoms with Crippen LogP contribution in [0.5, 0.6) is 0 Å². The molecule has 0 amide bonds. The third-order valence-corrected chi connectivity index (χ3v) is 5.34. The molecule has 5 nitrogen and oxygen atoms in total. The van der Waals surface area contributed by atoms with Crippen LogP contribution >= 0.6 is 0 Å². The highest BCUT2D eigenvalue weighted by atomic mass is 32.2. The van der Waals surface area contributed by atoms with Gasteiger partial charge in [0.05, 0.1) is 5.56 Å². The van der Waals surface area contributed by atoms with Crippen LogP contribution in [-0.2, 0) is 16.0 Å². The fourth-order valence-corrected chi connectivity index (χ4v) is 4.25. The number of nitrogens with zero attached hydrogens (tertiary/aromatic N) is 2. The molecule has 2 aliphatic heterocycles. The number of halogens is 3. The molecular weight excluding hydrogens is 283 g/mol. The Labute approximate surface area is 107 Å². The van der Waals surface area contributed by atoms with E-state index in [0.29, 0.717) is 25.4 Å². The molecule has 104 valence electrons. The number of rotatable bonds is 0. The molecule has 0 saturated carbocycles. The van der Waals surface area contributed by atoms with E-state index in [0.717, 1.165) is 0 Å². The largest absolute Gasteiger partial charge is 0.417 e. The summed E-state index contributed by atoms with van der Waals surface area (Å²) in [5, 5.41) is 2.07. The number of sulfone groups is 1. The summed E-state index contributed by atoms with van der Waals surface area (Å²) in [5.41, 5.74) is -1.04. The van der Waals surface area contributed by atoms with Crippen LogP contribution in [0.15, 0.2) is 17.2 Å². The topological polar surface area (TPSA) is 62.3 Å². The van der Waals surface area contributed by atoms with Gasteiger partial charge in [0.1, 0.15) is 16.1 Å². The summed E-state index contributed by atoms with van der Waals surface area (Å²) in [6.07, 6.45) is -3.92. The first-order valence-corrected chi connectivity index (χ1v) is 7.15. The van der Waals surface area contributed by atoms with Crippen molar-refractivity contribution in [1.82, 2.24) is 10.3 Å². The van der Waals surface area contributed by atoms with Crippen LogP contribution in [0.2, 0.25) is 0 Å². The molecule has 2 aliphatic rings. The van der Waals surface area contributed by atoms with Crippen molar-refractivity contribution in [3.63, 3.8) is 0 Å². The van der Waals surface area contributed by atoms with E-state index < -0.39 is 27.0 Å². The summed E-state index contributed by atoms with van der Waals surface area (Å²) in [5.74, 6) is 0.125. The van der Waals surface area contributed by atoms with Gasteiger partial charge < -0.3 is 10.2 Å². The van der Waals surface area contributed by atoms with Gasteiger partial charge in [0.25, 0.3) is 0 Å². The number of aromatic nitrogens is 1. The molecule has 1 saturated heterocycles. The van der Waals surface area contributed by atoms with Gasteiger partial charge in [-0.2, -0.15) is 13.2 Å². The molecule has 1 atom stereocenters. The van der Waals surface area contributed by atoms with Crippen LogP contribution in [0.25, 0.3) is 0 Å². The summed E-state index contributed by atoms with van der Waals surface area (Å²) in [6, 6.07) is 0.677. The van der Waals surface area contributed by atoms with E-state index in [1.165, 1.54) is 0 Å². The molecule has 1 unspecified atom stereocenters. The molecule has 0 spiro atoms. The molecule has 3 heterocycles. The molecule has 1 fully saturated rings. The molecule has 0 radical (unpaired) electrons. The second-order valence-corrected chi connectivity index (χ2v) is 6.51. The predicted molar refractivity (Wildman–Crippen MR) is 60.4 cm³/mol. The van der Waals surface area contributed by atoms with Crippen molar-refractivity contribution in [2.75, 3.05) is 24.5 Å². The van der Waals surface area contributed by atoms with Crippen molar-refractivity contribution in [2.45, 2.75) is 16.4 Å². The van der Waals surface area contributed by atoms with E-state index in [4.69, 9.17) is 0 Å². The van der Waals surface area contributed by atoms with Gasteiger partial charge in [-0.25, -0.2) is 13.4 Å². The molecule has 1 aromatic rings. The Kier molecular flexibility index (Phi) is 2.55. The van der Waals surface area contributed by atoms with Crippen molar-refractivity contribution in [3.05, 3.63) is 17.8 Å². The number of nitrogens with one attached hydrogen (secondary N) is 1. The maximum atomic E-state index is 12.6. The van der Waals surface area contributed by atoms with E-state index in [2.05, 4.69) is 10.3 Å². The minimum Gasteiger partial charge on any atom is -0.336 e. The lowest BCUT2D eigenvalue weighted by atomic mass is 10.2. The minimum absolute atomic E-state index is 0.125. The van der Waals surface area contributed by atoms with Gasteiger partial charge in [0.2, 0.25) is 9.84 Å². The number of fused-ring (bicyclic) bond motifs is 3. The van der Waals surface area contributed by atoms with Crippen LogP contribution in [0, 0.1) is 0 Å². The van der Waals surface area contributed by atoms with Crippen molar-refractivity contribution in [3.8, 4) is 0 Å². The molecule has 0 bridgehead atoms. The van der Waals surface area contributed by atoms with Crippen molar-refractivity contribution >= 4 is 15.7 Å². The number of alkyl halides is 3. The van der Waals surface area contributed by atoms with Gasteiger partial charge in [-0.15, -0.1) is 0 Å². The third kappa shape index (κ3) is 1.79. The number of hydrogen-bond acceptors (Lipinski definition) is 5. The molecule has 1 N–H and O–H groups in total. The average molecular weight is 293 g/mol. The van der Waals surface area contributed by atoms with Gasteiger partial charge >= 0.3 is 6.18 Å². The highest BCUT2D eigenvalue weighted by molar-refractivity contribution is 7.92. The van der Waals surface area contributed by atoms with Gasteiger partial charge in [-0.05, 0) is 6.07 Å². The van der Waals surface area contributed by atoms with E-state index in [1.54, 1.807) is 4.90 Å². The number of anilines is 1. The summed E-state index contributed by atoms with van der Waals surface area (Å²) in [7, 11) is -3.79. The monoisotopic (exact) mass is 293 g/mol. The normalized spacial score (nSPS) is 25.0. The zero-order valence-corrected chi connectivity index (χ0v) is 10.4. The first-order valence-electron chi connectivity index (χ1n) is 5.60. The zero-order valence-electron chi connectivity index (χ0n) is 9.61. The second kappa shape index (κ2) is 3.83. The number of hydrogen-bond donors (Lipinski definition) is 1. The summed E-state index contributed by atoms with van der Waals surface area (Å²) < 4.78 is 62.3. The van der Waals surface area contributed by atoms with Gasteiger partial charge in [-0.1, -0.05) is 0 Å². The van der Waals surface area contributed by atoms with Crippen LogP contribution in [-0.4, -0.2) is 38.4 Å². The SMILES string of the molecule is O=S1(=O)c2cc(C(F)(F)F)cnc2N2CCNCC21. The second-order valence-electron chi connectivity index (χ2n) is 4.44. The van der Waals surface area contributed by atoms with Crippen LogP contribution in [0.4, 0.5) is 19.0 Å². The van der Waals surface area contributed by atoms with Gasteiger partial charge in [0, 0.05) is 25.8 Å². The number of pyridine rings is 1. The molecular formula is C10H10F3N3O2S. The highest BCUT2D eigenvalue weighted by Gasteiger charge is 2.46. The van der Waals surface area contributed by atoms with E-state index >= 15 is 0 Å².